The Labute approximate surface area is 94.4 Å². The topological polar surface area (TPSA) is 75.4 Å². The number of anilines is 1. The van der Waals surface area contributed by atoms with Crippen LogP contribution in [0, 0.1) is 5.82 Å². The Balaban J connectivity index is 2.94. The van der Waals surface area contributed by atoms with Crippen molar-refractivity contribution in [1.29, 1.82) is 0 Å². The van der Waals surface area contributed by atoms with E-state index in [4.69, 9.17) is 10.8 Å². The van der Waals surface area contributed by atoms with Gasteiger partial charge in [0.25, 0.3) is 5.91 Å². The highest BCUT2D eigenvalue weighted by Gasteiger charge is 2.12. The Bertz CT molecular complexity index is 385. The average molecular weight is 277 g/mol. The molecule has 0 heterocycles. The number of carbonyl (C=O) groups is 1. The maximum atomic E-state index is 12.9. The molecule has 0 unspecified atom stereocenters. The van der Waals surface area contributed by atoms with Crippen LogP contribution in [0.25, 0.3) is 0 Å². The van der Waals surface area contributed by atoms with Crippen LogP contribution in [0.5, 0.6) is 0 Å². The maximum absolute atomic E-state index is 12.9. The minimum absolute atomic E-state index is 0.0904. The van der Waals surface area contributed by atoms with Crippen LogP contribution in [0.3, 0.4) is 0 Å². The molecule has 0 saturated carbocycles. The molecular formula is C9H10BrFN2O2. The number of nitrogen functional groups attached to an aromatic ring is 1. The first-order valence-electron chi connectivity index (χ1n) is 4.20. The lowest BCUT2D eigenvalue weighted by Crippen LogP contribution is -2.26. The molecule has 1 aromatic rings. The summed E-state index contributed by atoms with van der Waals surface area (Å²) in [5.74, 6) is -0.997. The van der Waals surface area contributed by atoms with E-state index in [1.165, 1.54) is 6.07 Å². The van der Waals surface area contributed by atoms with E-state index < -0.39 is 11.7 Å². The molecule has 6 heteroatoms. The summed E-state index contributed by atoms with van der Waals surface area (Å²) in [6.07, 6.45) is 0. The van der Waals surface area contributed by atoms with Crippen LogP contribution in [-0.4, -0.2) is 24.2 Å². The van der Waals surface area contributed by atoms with Crippen LogP contribution in [0.2, 0.25) is 0 Å². The second-order valence-electron chi connectivity index (χ2n) is 2.83. The lowest BCUT2D eigenvalue weighted by atomic mass is 10.2. The van der Waals surface area contributed by atoms with Crippen molar-refractivity contribution < 1.29 is 14.3 Å². The summed E-state index contributed by atoms with van der Waals surface area (Å²) in [6.45, 7) is -0.0113. The first kappa shape index (κ1) is 11.9. The van der Waals surface area contributed by atoms with Crippen molar-refractivity contribution in [1.82, 2.24) is 5.32 Å². The molecule has 1 rings (SSSR count). The molecule has 1 amide bonds. The third kappa shape index (κ3) is 2.90. The van der Waals surface area contributed by atoms with Gasteiger partial charge in [0.15, 0.2) is 0 Å². The molecule has 82 valence electrons. The predicted molar refractivity (Wildman–Crippen MR) is 57.9 cm³/mol. The molecule has 0 aromatic heterocycles. The van der Waals surface area contributed by atoms with Crippen molar-refractivity contribution in [3.05, 3.63) is 28.0 Å². The van der Waals surface area contributed by atoms with Gasteiger partial charge in [0.1, 0.15) is 5.82 Å². The molecule has 0 aliphatic rings. The summed E-state index contributed by atoms with van der Waals surface area (Å²) in [6, 6.07) is 2.37. The number of halogens is 2. The second-order valence-corrected chi connectivity index (χ2v) is 3.69. The molecule has 0 aliphatic carbocycles. The van der Waals surface area contributed by atoms with E-state index >= 15 is 0 Å². The van der Waals surface area contributed by atoms with Gasteiger partial charge >= 0.3 is 0 Å². The zero-order chi connectivity index (χ0) is 11.4. The third-order valence-corrected chi connectivity index (χ3v) is 2.38. The highest BCUT2D eigenvalue weighted by atomic mass is 79.9. The minimum atomic E-state index is -0.583. The summed E-state index contributed by atoms with van der Waals surface area (Å²) >= 11 is 3.05. The monoisotopic (exact) mass is 276 g/mol. The third-order valence-electron chi connectivity index (χ3n) is 1.73. The molecule has 0 bridgehead atoms. The van der Waals surface area contributed by atoms with Crippen molar-refractivity contribution >= 4 is 27.5 Å². The highest BCUT2D eigenvalue weighted by Crippen LogP contribution is 2.22. The smallest absolute Gasteiger partial charge is 0.252 e. The summed E-state index contributed by atoms with van der Waals surface area (Å²) in [4.78, 5) is 11.5. The van der Waals surface area contributed by atoms with Gasteiger partial charge in [-0.2, -0.15) is 0 Å². The second kappa shape index (κ2) is 5.09. The molecular weight excluding hydrogens is 267 g/mol. The van der Waals surface area contributed by atoms with E-state index in [2.05, 4.69) is 21.2 Å². The largest absolute Gasteiger partial charge is 0.396 e. The molecule has 4 nitrogen and oxygen atoms in total. The quantitative estimate of drug-likeness (QED) is 0.718. The average Bonchev–Trinajstić information content (AvgIpc) is 2.20. The number of nitrogens with one attached hydrogen (secondary N) is 1. The fraction of sp³-hybridized carbons (Fsp3) is 0.222. The number of carbonyl (C=O) groups excluding carboxylic acids is 1. The van der Waals surface area contributed by atoms with Gasteiger partial charge in [-0.25, -0.2) is 4.39 Å². The van der Waals surface area contributed by atoms with Crippen LogP contribution in [0.15, 0.2) is 16.6 Å². The molecule has 0 saturated heterocycles. The minimum Gasteiger partial charge on any atom is -0.396 e. The Morgan fingerprint density at radius 3 is 2.87 bits per heavy atom. The van der Waals surface area contributed by atoms with Crippen LogP contribution in [0.1, 0.15) is 10.4 Å². The first-order chi connectivity index (χ1) is 7.06. The molecule has 0 fully saturated rings. The van der Waals surface area contributed by atoms with Crippen LogP contribution >= 0.6 is 15.9 Å². The van der Waals surface area contributed by atoms with E-state index in [0.29, 0.717) is 4.47 Å². The van der Waals surface area contributed by atoms with E-state index in [1.807, 2.05) is 0 Å². The number of aliphatic hydroxyl groups is 1. The van der Waals surface area contributed by atoms with Crippen molar-refractivity contribution in [2.24, 2.45) is 0 Å². The van der Waals surface area contributed by atoms with Crippen LogP contribution in [0.4, 0.5) is 10.1 Å². The van der Waals surface area contributed by atoms with Gasteiger partial charge in [-0.05, 0) is 28.1 Å². The SMILES string of the molecule is Nc1cc(C(=O)NCCO)c(Br)cc1F. The summed E-state index contributed by atoms with van der Waals surface area (Å²) in [5, 5.41) is 11.0. The predicted octanol–water partition coefficient (Wildman–Crippen LogP) is 0.893. The van der Waals surface area contributed by atoms with E-state index in [-0.39, 0.29) is 24.4 Å². The fourth-order valence-corrected chi connectivity index (χ4v) is 1.50. The fourth-order valence-electron chi connectivity index (χ4n) is 1.00. The highest BCUT2D eigenvalue weighted by molar-refractivity contribution is 9.10. The van der Waals surface area contributed by atoms with Crippen molar-refractivity contribution in [2.45, 2.75) is 0 Å². The van der Waals surface area contributed by atoms with Gasteiger partial charge in [-0.15, -0.1) is 0 Å². The van der Waals surface area contributed by atoms with Gasteiger partial charge in [0.2, 0.25) is 0 Å². The number of nitrogens with two attached hydrogens (primary N) is 1. The van der Waals surface area contributed by atoms with Gasteiger partial charge in [0.05, 0.1) is 17.9 Å². The molecule has 1 aromatic carbocycles. The lowest BCUT2D eigenvalue weighted by Gasteiger charge is -2.07. The van der Waals surface area contributed by atoms with Gasteiger partial charge in [-0.3, -0.25) is 4.79 Å². The first-order valence-corrected chi connectivity index (χ1v) is 4.99. The molecule has 15 heavy (non-hydrogen) atoms. The van der Waals surface area contributed by atoms with Gasteiger partial charge in [-0.1, -0.05) is 0 Å². The number of aliphatic hydroxyl groups excluding tert-OH is 1. The Morgan fingerprint density at radius 2 is 2.27 bits per heavy atom. The summed E-state index contributed by atoms with van der Waals surface area (Å²) < 4.78 is 13.3. The zero-order valence-electron chi connectivity index (χ0n) is 7.76. The number of amides is 1. The zero-order valence-corrected chi connectivity index (χ0v) is 9.34. The standard InChI is InChI=1S/C9H10BrFN2O2/c10-6-4-7(11)8(12)3-5(6)9(15)13-1-2-14/h3-4,14H,1-2,12H2,(H,13,15). The van der Waals surface area contributed by atoms with E-state index in [9.17, 15) is 9.18 Å². The lowest BCUT2D eigenvalue weighted by molar-refractivity contribution is 0.0944. The Kier molecular flexibility index (Phi) is 4.05. The molecule has 0 atom stereocenters. The molecule has 0 radical (unpaired) electrons. The van der Waals surface area contributed by atoms with Crippen LogP contribution < -0.4 is 11.1 Å². The summed E-state index contributed by atoms with van der Waals surface area (Å²) in [5.41, 5.74) is 5.48. The molecule has 0 spiro atoms. The number of rotatable bonds is 3. The number of benzene rings is 1. The van der Waals surface area contributed by atoms with Gasteiger partial charge < -0.3 is 16.2 Å². The van der Waals surface area contributed by atoms with Crippen LogP contribution in [-0.2, 0) is 0 Å². The Hall–Kier alpha value is -1.14. The van der Waals surface area contributed by atoms with Crippen molar-refractivity contribution in [2.75, 3.05) is 18.9 Å². The number of hydrogen-bond donors (Lipinski definition) is 3. The maximum Gasteiger partial charge on any atom is 0.252 e. The van der Waals surface area contributed by atoms with Crippen molar-refractivity contribution in [3.8, 4) is 0 Å². The van der Waals surface area contributed by atoms with E-state index in [0.717, 1.165) is 6.07 Å². The van der Waals surface area contributed by atoms with E-state index in [1.54, 1.807) is 0 Å². The molecule has 4 N–H and O–H groups in total. The molecule has 0 aliphatic heterocycles. The number of hydrogen-bond acceptors (Lipinski definition) is 3. The van der Waals surface area contributed by atoms with Crippen molar-refractivity contribution in [3.63, 3.8) is 0 Å². The Morgan fingerprint density at radius 1 is 1.60 bits per heavy atom. The normalized spacial score (nSPS) is 10.1. The van der Waals surface area contributed by atoms with Gasteiger partial charge in [0, 0.05) is 11.0 Å². The summed E-state index contributed by atoms with van der Waals surface area (Å²) in [7, 11) is 0.